The number of rotatable bonds is 4. The van der Waals surface area contributed by atoms with Crippen molar-refractivity contribution in [1.29, 1.82) is 0 Å². The van der Waals surface area contributed by atoms with Crippen molar-refractivity contribution >= 4 is 0 Å². The number of hydrogen-bond donors (Lipinski definition) is 1. The first kappa shape index (κ1) is 7.92. The Bertz CT molecular complexity index is 41.8. The molecule has 0 spiro atoms. The van der Waals surface area contributed by atoms with Crippen molar-refractivity contribution in [2.24, 2.45) is 0 Å². The highest BCUT2D eigenvalue weighted by Crippen LogP contribution is 1.81. The minimum atomic E-state index is 1.09. The van der Waals surface area contributed by atoms with Crippen LogP contribution in [0.3, 0.4) is 0 Å². The van der Waals surface area contributed by atoms with Crippen LogP contribution in [0, 0.1) is 0 Å². The third-order valence-corrected chi connectivity index (χ3v) is 1.19. The van der Waals surface area contributed by atoms with Crippen LogP contribution in [-0.2, 0) is 0 Å². The van der Waals surface area contributed by atoms with Gasteiger partial charge in [-0.2, -0.15) is 0 Å². The molecule has 0 aromatic heterocycles. The van der Waals surface area contributed by atoms with Gasteiger partial charge in [0.2, 0.25) is 0 Å². The zero-order valence-electron chi connectivity index (χ0n) is 6.07. The Hall–Kier alpha value is -0.0800. The molecule has 0 unspecified atom stereocenters. The molecule has 0 heterocycles. The summed E-state index contributed by atoms with van der Waals surface area (Å²) in [4.78, 5) is 0. The summed E-state index contributed by atoms with van der Waals surface area (Å²) in [6, 6.07) is 0. The third kappa shape index (κ3) is 2.99. The van der Waals surface area contributed by atoms with E-state index in [0.717, 1.165) is 13.1 Å². The lowest BCUT2D eigenvalue weighted by Gasteiger charge is -2.16. The van der Waals surface area contributed by atoms with Gasteiger partial charge in [0.15, 0.2) is 0 Å². The van der Waals surface area contributed by atoms with Crippen LogP contribution in [0.2, 0.25) is 0 Å². The van der Waals surface area contributed by atoms with Gasteiger partial charge in [-0.15, -0.1) is 0 Å². The van der Waals surface area contributed by atoms with Crippen molar-refractivity contribution in [2.45, 2.75) is 20.3 Å². The number of nitrogens with one attached hydrogen (secondary N) is 1. The Morgan fingerprint density at radius 1 is 1.38 bits per heavy atom. The van der Waals surface area contributed by atoms with Gasteiger partial charge in [-0.3, -0.25) is 5.43 Å². The second-order valence-electron chi connectivity index (χ2n) is 1.80. The molecule has 2 nitrogen and oxygen atoms in total. The van der Waals surface area contributed by atoms with Crippen molar-refractivity contribution in [3.05, 3.63) is 0 Å². The summed E-state index contributed by atoms with van der Waals surface area (Å²) in [7, 11) is 1.96. The maximum absolute atomic E-state index is 3.09. The SMILES string of the molecule is CCCN(CC)NC. The van der Waals surface area contributed by atoms with Crippen LogP contribution in [0.5, 0.6) is 0 Å². The number of hydrazine groups is 1. The van der Waals surface area contributed by atoms with Crippen molar-refractivity contribution < 1.29 is 0 Å². The molecule has 0 aliphatic rings. The lowest BCUT2D eigenvalue weighted by atomic mass is 10.5. The lowest BCUT2D eigenvalue weighted by Crippen LogP contribution is -2.35. The average Bonchev–Trinajstić information content (AvgIpc) is 1.83. The van der Waals surface area contributed by atoms with E-state index >= 15 is 0 Å². The third-order valence-electron chi connectivity index (χ3n) is 1.19. The van der Waals surface area contributed by atoms with Crippen molar-refractivity contribution in [2.75, 3.05) is 20.1 Å². The van der Waals surface area contributed by atoms with E-state index < -0.39 is 0 Å². The monoisotopic (exact) mass is 116 g/mol. The van der Waals surface area contributed by atoms with Crippen LogP contribution in [0.1, 0.15) is 20.3 Å². The fourth-order valence-electron chi connectivity index (χ4n) is 0.698. The molecule has 8 heavy (non-hydrogen) atoms. The van der Waals surface area contributed by atoms with Gasteiger partial charge in [0, 0.05) is 13.1 Å². The largest absolute Gasteiger partial charge is 0.258 e. The summed E-state index contributed by atoms with van der Waals surface area (Å²) < 4.78 is 0. The molecular formula is C6H16N2. The number of nitrogens with zero attached hydrogens (tertiary/aromatic N) is 1. The van der Waals surface area contributed by atoms with Gasteiger partial charge in [0.25, 0.3) is 0 Å². The Morgan fingerprint density at radius 2 is 2.00 bits per heavy atom. The normalized spacial score (nSPS) is 10.5. The highest BCUT2D eigenvalue weighted by molar-refractivity contribution is 4.41. The second-order valence-corrected chi connectivity index (χ2v) is 1.80. The second kappa shape index (κ2) is 5.06. The fourth-order valence-corrected chi connectivity index (χ4v) is 0.698. The first-order chi connectivity index (χ1) is 3.85. The first-order valence-electron chi connectivity index (χ1n) is 3.27. The van der Waals surface area contributed by atoms with Crippen LogP contribution in [0.4, 0.5) is 0 Å². The van der Waals surface area contributed by atoms with E-state index in [0.29, 0.717) is 0 Å². The van der Waals surface area contributed by atoms with Crippen LogP contribution >= 0.6 is 0 Å². The maximum atomic E-state index is 3.09. The fraction of sp³-hybridized carbons (Fsp3) is 1.00. The summed E-state index contributed by atoms with van der Waals surface area (Å²) in [6.07, 6.45) is 1.22. The summed E-state index contributed by atoms with van der Waals surface area (Å²) >= 11 is 0. The molecule has 0 aliphatic carbocycles. The van der Waals surface area contributed by atoms with Gasteiger partial charge in [-0.1, -0.05) is 13.8 Å². The molecule has 1 N–H and O–H groups in total. The number of hydrogen-bond acceptors (Lipinski definition) is 2. The Labute approximate surface area is 51.8 Å². The lowest BCUT2D eigenvalue weighted by molar-refractivity contribution is 0.220. The minimum Gasteiger partial charge on any atom is -0.258 e. The van der Waals surface area contributed by atoms with E-state index in [1.54, 1.807) is 0 Å². The van der Waals surface area contributed by atoms with Gasteiger partial charge in [-0.05, 0) is 13.5 Å². The Morgan fingerprint density at radius 3 is 2.12 bits per heavy atom. The standard InChI is InChI=1S/C6H16N2/c1-4-6-8(5-2)7-3/h7H,4-6H2,1-3H3. The predicted molar refractivity (Wildman–Crippen MR) is 36.6 cm³/mol. The molecule has 0 aromatic carbocycles. The van der Waals surface area contributed by atoms with E-state index in [1.807, 2.05) is 7.05 Å². The highest BCUT2D eigenvalue weighted by Gasteiger charge is 1.91. The molecule has 0 amide bonds. The average molecular weight is 116 g/mol. The zero-order chi connectivity index (χ0) is 6.41. The Balaban J connectivity index is 3.07. The predicted octanol–water partition coefficient (Wildman–Crippen LogP) is 0.853. The van der Waals surface area contributed by atoms with E-state index in [4.69, 9.17) is 0 Å². The van der Waals surface area contributed by atoms with Gasteiger partial charge < -0.3 is 0 Å². The van der Waals surface area contributed by atoms with E-state index in [9.17, 15) is 0 Å². The van der Waals surface area contributed by atoms with E-state index in [1.165, 1.54) is 6.42 Å². The van der Waals surface area contributed by atoms with Crippen LogP contribution in [0.25, 0.3) is 0 Å². The van der Waals surface area contributed by atoms with Gasteiger partial charge in [0.05, 0.1) is 0 Å². The molecule has 0 fully saturated rings. The van der Waals surface area contributed by atoms with Gasteiger partial charge in [0.1, 0.15) is 0 Å². The molecular weight excluding hydrogens is 100 g/mol. The molecule has 0 atom stereocenters. The van der Waals surface area contributed by atoms with E-state index in [2.05, 4.69) is 24.3 Å². The van der Waals surface area contributed by atoms with Crippen molar-refractivity contribution in [1.82, 2.24) is 10.4 Å². The van der Waals surface area contributed by atoms with Gasteiger partial charge in [-0.25, -0.2) is 5.01 Å². The zero-order valence-corrected chi connectivity index (χ0v) is 6.07. The summed E-state index contributed by atoms with van der Waals surface area (Å²) in [5.41, 5.74) is 3.09. The van der Waals surface area contributed by atoms with Crippen LogP contribution in [0.15, 0.2) is 0 Å². The quantitative estimate of drug-likeness (QED) is 0.548. The van der Waals surface area contributed by atoms with Crippen molar-refractivity contribution in [3.8, 4) is 0 Å². The van der Waals surface area contributed by atoms with Crippen molar-refractivity contribution in [3.63, 3.8) is 0 Å². The summed E-state index contributed by atoms with van der Waals surface area (Å²) in [5.74, 6) is 0. The minimum absolute atomic E-state index is 1.09. The molecule has 2 heteroatoms. The molecule has 0 aliphatic heterocycles. The summed E-state index contributed by atoms with van der Waals surface area (Å²) in [5, 5.41) is 2.18. The van der Waals surface area contributed by atoms with Crippen LogP contribution in [-0.4, -0.2) is 25.1 Å². The highest BCUT2D eigenvalue weighted by atomic mass is 15.5. The molecule has 0 radical (unpaired) electrons. The van der Waals surface area contributed by atoms with E-state index in [-0.39, 0.29) is 0 Å². The summed E-state index contributed by atoms with van der Waals surface area (Å²) in [6.45, 7) is 6.56. The Kier molecular flexibility index (Phi) is 5.01. The van der Waals surface area contributed by atoms with Crippen LogP contribution < -0.4 is 5.43 Å². The molecule has 50 valence electrons. The smallest absolute Gasteiger partial charge is 0.0128 e. The molecule has 0 saturated heterocycles. The molecule has 0 aromatic rings. The maximum Gasteiger partial charge on any atom is 0.0128 e. The molecule has 0 bridgehead atoms. The van der Waals surface area contributed by atoms with Gasteiger partial charge >= 0.3 is 0 Å². The molecule has 0 saturated carbocycles. The molecule has 0 rings (SSSR count). The first-order valence-corrected chi connectivity index (χ1v) is 3.27. The topological polar surface area (TPSA) is 15.3 Å².